The van der Waals surface area contributed by atoms with Gasteiger partial charge in [0, 0.05) is 10.0 Å². The molecular weight excluding hydrogens is 307 g/mol. The smallest absolute Gasteiger partial charge is 0.339 e. The molecular formula is C13H10Cl2O3S. The van der Waals surface area contributed by atoms with Gasteiger partial charge < -0.3 is 4.18 Å². The first-order valence-corrected chi connectivity index (χ1v) is 7.51. The van der Waals surface area contributed by atoms with Crippen LogP contribution in [0.4, 0.5) is 0 Å². The highest BCUT2D eigenvalue weighted by atomic mass is 35.5. The zero-order chi connectivity index (χ0) is 14.0. The Bertz CT molecular complexity index is 694. The summed E-state index contributed by atoms with van der Waals surface area (Å²) in [7, 11) is -3.87. The van der Waals surface area contributed by atoms with E-state index in [0.29, 0.717) is 15.6 Å². The van der Waals surface area contributed by atoms with Crippen LogP contribution in [0.3, 0.4) is 0 Å². The van der Waals surface area contributed by atoms with Gasteiger partial charge in [-0.3, -0.25) is 0 Å². The monoisotopic (exact) mass is 316 g/mol. The molecule has 0 amide bonds. The molecule has 0 aromatic heterocycles. The molecule has 0 N–H and O–H groups in total. The maximum absolute atomic E-state index is 12.1. The molecule has 100 valence electrons. The molecule has 19 heavy (non-hydrogen) atoms. The van der Waals surface area contributed by atoms with Crippen molar-refractivity contribution in [3.63, 3.8) is 0 Å². The zero-order valence-corrected chi connectivity index (χ0v) is 12.3. The summed E-state index contributed by atoms with van der Waals surface area (Å²) in [5.41, 5.74) is 0.669. The van der Waals surface area contributed by atoms with Crippen molar-refractivity contribution in [3.8, 4) is 5.75 Å². The first-order valence-electron chi connectivity index (χ1n) is 5.35. The van der Waals surface area contributed by atoms with Gasteiger partial charge >= 0.3 is 10.1 Å². The van der Waals surface area contributed by atoms with E-state index in [1.54, 1.807) is 19.1 Å². The highest BCUT2D eigenvalue weighted by Gasteiger charge is 2.17. The van der Waals surface area contributed by atoms with E-state index in [1.165, 1.54) is 30.3 Å². The minimum absolute atomic E-state index is 0.0596. The molecule has 3 nitrogen and oxygen atoms in total. The van der Waals surface area contributed by atoms with E-state index in [-0.39, 0.29) is 10.6 Å². The largest absolute Gasteiger partial charge is 0.379 e. The quantitative estimate of drug-likeness (QED) is 0.802. The molecule has 0 aliphatic heterocycles. The van der Waals surface area contributed by atoms with Crippen LogP contribution in [0.1, 0.15) is 5.56 Å². The van der Waals surface area contributed by atoms with Crippen molar-refractivity contribution in [1.82, 2.24) is 0 Å². The van der Waals surface area contributed by atoms with Crippen LogP contribution in [-0.2, 0) is 10.1 Å². The van der Waals surface area contributed by atoms with Gasteiger partial charge in [-0.2, -0.15) is 8.42 Å². The van der Waals surface area contributed by atoms with Gasteiger partial charge in [0.15, 0.2) is 0 Å². The fourth-order valence-electron chi connectivity index (χ4n) is 1.44. The Kier molecular flexibility index (Phi) is 4.04. The van der Waals surface area contributed by atoms with Gasteiger partial charge in [-0.1, -0.05) is 23.2 Å². The van der Waals surface area contributed by atoms with Gasteiger partial charge in [0.05, 0.1) is 0 Å². The van der Waals surface area contributed by atoms with Gasteiger partial charge in [0.2, 0.25) is 0 Å². The first kappa shape index (κ1) is 14.2. The minimum Gasteiger partial charge on any atom is -0.379 e. The third-order valence-electron chi connectivity index (χ3n) is 2.44. The second-order valence-electron chi connectivity index (χ2n) is 3.90. The normalized spacial score (nSPS) is 11.3. The van der Waals surface area contributed by atoms with Crippen LogP contribution < -0.4 is 4.18 Å². The number of halogens is 2. The van der Waals surface area contributed by atoms with E-state index in [2.05, 4.69) is 0 Å². The molecule has 0 bridgehead atoms. The average molecular weight is 317 g/mol. The summed E-state index contributed by atoms with van der Waals surface area (Å²) >= 11 is 11.6. The van der Waals surface area contributed by atoms with Crippen molar-refractivity contribution < 1.29 is 12.6 Å². The Morgan fingerprint density at radius 2 is 1.63 bits per heavy atom. The Labute approximate surface area is 121 Å². The molecule has 0 aliphatic carbocycles. The van der Waals surface area contributed by atoms with Gasteiger partial charge in [0.1, 0.15) is 10.6 Å². The Morgan fingerprint density at radius 3 is 2.21 bits per heavy atom. The molecule has 0 radical (unpaired) electrons. The summed E-state index contributed by atoms with van der Waals surface area (Å²) in [6.07, 6.45) is 0. The molecule has 0 aliphatic rings. The number of aryl methyl sites for hydroxylation is 1. The lowest BCUT2D eigenvalue weighted by Gasteiger charge is -2.08. The third-order valence-corrected chi connectivity index (χ3v) is 4.36. The molecule has 0 atom stereocenters. The highest BCUT2D eigenvalue weighted by Crippen LogP contribution is 2.23. The third kappa shape index (κ3) is 3.41. The fraction of sp³-hybridized carbons (Fsp3) is 0.0769. The van der Waals surface area contributed by atoms with Crippen molar-refractivity contribution >= 4 is 33.3 Å². The summed E-state index contributed by atoms with van der Waals surface area (Å²) in [4.78, 5) is 0.0596. The average Bonchev–Trinajstić information content (AvgIpc) is 2.35. The lowest BCUT2D eigenvalue weighted by atomic mass is 10.2. The summed E-state index contributed by atoms with van der Waals surface area (Å²) in [5.74, 6) is 0.206. The van der Waals surface area contributed by atoms with Crippen molar-refractivity contribution in [3.05, 3.63) is 58.1 Å². The van der Waals surface area contributed by atoms with E-state index < -0.39 is 10.1 Å². The van der Waals surface area contributed by atoms with Gasteiger partial charge in [-0.15, -0.1) is 0 Å². The Morgan fingerprint density at radius 1 is 1.00 bits per heavy atom. The second kappa shape index (κ2) is 5.41. The summed E-state index contributed by atoms with van der Waals surface area (Å²) in [6, 6.07) is 10.5. The van der Waals surface area contributed by atoms with Crippen LogP contribution in [0.2, 0.25) is 10.0 Å². The van der Waals surface area contributed by atoms with Crippen molar-refractivity contribution in [1.29, 1.82) is 0 Å². The highest BCUT2D eigenvalue weighted by molar-refractivity contribution is 7.87. The molecule has 2 aromatic rings. The lowest BCUT2D eigenvalue weighted by Crippen LogP contribution is -2.09. The molecule has 6 heteroatoms. The van der Waals surface area contributed by atoms with E-state index in [1.807, 2.05) is 0 Å². The predicted octanol–water partition coefficient (Wildman–Crippen LogP) is 4.07. The molecule has 0 saturated heterocycles. The second-order valence-corrected chi connectivity index (χ2v) is 6.29. The maximum Gasteiger partial charge on any atom is 0.339 e. The van der Waals surface area contributed by atoms with Gasteiger partial charge in [-0.05, 0) is 55.0 Å². The molecule has 2 aromatic carbocycles. The van der Waals surface area contributed by atoms with Crippen molar-refractivity contribution in [2.45, 2.75) is 11.8 Å². The molecule has 2 rings (SSSR count). The maximum atomic E-state index is 12.1. The fourth-order valence-corrected chi connectivity index (χ4v) is 2.70. The summed E-state index contributed by atoms with van der Waals surface area (Å²) < 4.78 is 29.1. The number of rotatable bonds is 3. The summed E-state index contributed by atoms with van der Waals surface area (Å²) in [5, 5.41) is 1.01. The summed E-state index contributed by atoms with van der Waals surface area (Å²) in [6.45, 7) is 1.73. The van der Waals surface area contributed by atoms with Crippen LogP contribution in [0, 0.1) is 6.92 Å². The Balaban J connectivity index is 2.32. The SMILES string of the molecule is Cc1cc(S(=O)(=O)Oc2ccc(Cl)cc2)ccc1Cl. The standard InChI is InChI=1S/C13H10Cl2O3S/c1-9-8-12(6-7-13(9)15)19(16,17)18-11-4-2-10(14)3-5-11/h2-8H,1H3. The topological polar surface area (TPSA) is 43.4 Å². The van der Waals surface area contributed by atoms with E-state index in [4.69, 9.17) is 27.4 Å². The van der Waals surface area contributed by atoms with Crippen LogP contribution in [0.25, 0.3) is 0 Å². The minimum atomic E-state index is -3.87. The van der Waals surface area contributed by atoms with Gasteiger partial charge in [0.25, 0.3) is 0 Å². The number of hydrogen-bond donors (Lipinski definition) is 0. The molecule has 0 saturated carbocycles. The van der Waals surface area contributed by atoms with Gasteiger partial charge in [-0.25, -0.2) is 0 Å². The predicted molar refractivity (Wildman–Crippen MR) is 75.5 cm³/mol. The molecule has 0 unspecified atom stereocenters. The van der Waals surface area contributed by atoms with Crippen molar-refractivity contribution in [2.24, 2.45) is 0 Å². The molecule has 0 spiro atoms. The lowest BCUT2D eigenvalue weighted by molar-refractivity contribution is 0.486. The number of benzene rings is 2. The zero-order valence-electron chi connectivity index (χ0n) is 9.93. The molecule has 0 fully saturated rings. The van der Waals surface area contributed by atoms with Crippen LogP contribution in [0.15, 0.2) is 47.4 Å². The van der Waals surface area contributed by atoms with E-state index in [9.17, 15) is 8.42 Å². The Hall–Kier alpha value is -1.23. The van der Waals surface area contributed by atoms with Crippen LogP contribution >= 0.6 is 23.2 Å². The van der Waals surface area contributed by atoms with Crippen molar-refractivity contribution in [2.75, 3.05) is 0 Å². The van der Waals surface area contributed by atoms with E-state index >= 15 is 0 Å². The van der Waals surface area contributed by atoms with Crippen LogP contribution in [0.5, 0.6) is 5.75 Å². The van der Waals surface area contributed by atoms with Crippen LogP contribution in [-0.4, -0.2) is 8.42 Å². The number of hydrogen-bond acceptors (Lipinski definition) is 3. The van der Waals surface area contributed by atoms with E-state index in [0.717, 1.165) is 0 Å². The first-order chi connectivity index (χ1) is 8.88. The molecule has 0 heterocycles.